The molecule has 0 heterocycles. The van der Waals surface area contributed by atoms with Crippen molar-refractivity contribution >= 4 is 17.9 Å². The van der Waals surface area contributed by atoms with Gasteiger partial charge < -0.3 is 14.2 Å². The summed E-state index contributed by atoms with van der Waals surface area (Å²) in [6, 6.07) is 0. The Labute approximate surface area is 402 Å². The fourth-order valence-electron chi connectivity index (χ4n) is 7.74. The summed E-state index contributed by atoms with van der Waals surface area (Å²) in [5.74, 6) is -0.963. The van der Waals surface area contributed by atoms with Gasteiger partial charge in [0, 0.05) is 19.3 Å². The van der Waals surface area contributed by atoms with E-state index in [9.17, 15) is 14.4 Å². The van der Waals surface area contributed by atoms with Crippen molar-refractivity contribution in [3.63, 3.8) is 0 Å². The van der Waals surface area contributed by atoms with Gasteiger partial charge in [-0.05, 0) is 103 Å². The van der Waals surface area contributed by atoms with Crippen molar-refractivity contribution in [3.05, 3.63) is 60.8 Å². The van der Waals surface area contributed by atoms with E-state index in [1.54, 1.807) is 0 Å². The first-order valence-electron chi connectivity index (χ1n) is 27.8. The van der Waals surface area contributed by atoms with Crippen LogP contribution in [-0.2, 0) is 28.6 Å². The second-order valence-corrected chi connectivity index (χ2v) is 18.5. The number of carbonyl (C=O) groups is 3. The lowest BCUT2D eigenvalue weighted by Crippen LogP contribution is -2.30. The van der Waals surface area contributed by atoms with E-state index < -0.39 is 6.10 Å². The Balaban J connectivity index is 4.44. The summed E-state index contributed by atoms with van der Waals surface area (Å²) in [5, 5.41) is 0. The third-order valence-electron chi connectivity index (χ3n) is 12.0. The van der Waals surface area contributed by atoms with E-state index in [1.807, 2.05) is 0 Å². The van der Waals surface area contributed by atoms with Crippen LogP contribution in [0.3, 0.4) is 0 Å². The van der Waals surface area contributed by atoms with E-state index in [4.69, 9.17) is 14.2 Å². The molecule has 0 rings (SSSR count). The van der Waals surface area contributed by atoms with Gasteiger partial charge in [0.05, 0.1) is 0 Å². The fraction of sp³-hybridized carbons (Fsp3) is 0.780. The molecule has 0 aromatic carbocycles. The molecule has 0 spiro atoms. The largest absolute Gasteiger partial charge is 0.462 e. The van der Waals surface area contributed by atoms with Gasteiger partial charge in [0.15, 0.2) is 6.10 Å². The zero-order valence-corrected chi connectivity index (χ0v) is 43.0. The number of allylic oxidation sites excluding steroid dienone is 10. The molecule has 6 heteroatoms. The number of hydrogen-bond acceptors (Lipinski definition) is 6. The first kappa shape index (κ1) is 62.1. The van der Waals surface area contributed by atoms with Crippen molar-refractivity contribution in [2.24, 2.45) is 0 Å². The Morgan fingerprint density at radius 2 is 0.569 bits per heavy atom. The van der Waals surface area contributed by atoms with Gasteiger partial charge in [-0.15, -0.1) is 0 Å². The lowest BCUT2D eigenvalue weighted by Gasteiger charge is -2.18. The highest BCUT2D eigenvalue weighted by atomic mass is 16.6. The van der Waals surface area contributed by atoms with E-state index >= 15 is 0 Å². The minimum atomic E-state index is -0.806. The van der Waals surface area contributed by atoms with E-state index in [2.05, 4.69) is 81.5 Å². The SMILES string of the molecule is CCCCC/C=C\CCCCCCCC(=O)OCC(COC(=O)CCCCCCC/C=C\CCCCCCCCCCC)OC(=O)CCC/C=C\C/C=C\C/C=C\CCCCCCCC. The van der Waals surface area contributed by atoms with E-state index in [-0.39, 0.29) is 37.5 Å². The summed E-state index contributed by atoms with van der Waals surface area (Å²) in [7, 11) is 0. The molecule has 0 bridgehead atoms. The third-order valence-corrected chi connectivity index (χ3v) is 12.0. The third kappa shape index (κ3) is 51.9. The van der Waals surface area contributed by atoms with Crippen LogP contribution < -0.4 is 0 Å². The van der Waals surface area contributed by atoms with E-state index in [1.165, 1.54) is 161 Å². The molecule has 0 aliphatic carbocycles. The minimum Gasteiger partial charge on any atom is -0.462 e. The Bertz CT molecular complexity index is 1180. The maximum atomic E-state index is 12.8. The molecular weight excluding hydrogens is 805 g/mol. The lowest BCUT2D eigenvalue weighted by molar-refractivity contribution is -0.167. The maximum Gasteiger partial charge on any atom is 0.306 e. The molecule has 0 aromatic heterocycles. The maximum absolute atomic E-state index is 12.8. The molecule has 0 aliphatic heterocycles. The molecule has 0 aromatic rings. The smallest absolute Gasteiger partial charge is 0.306 e. The summed E-state index contributed by atoms with van der Waals surface area (Å²) < 4.78 is 16.8. The van der Waals surface area contributed by atoms with Crippen LogP contribution in [0.5, 0.6) is 0 Å². The molecular formula is C59H104O6. The molecule has 0 amide bonds. The summed E-state index contributed by atoms with van der Waals surface area (Å²) in [6.45, 7) is 6.57. The number of unbranched alkanes of at least 4 members (excludes halogenated alkanes) is 29. The van der Waals surface area contributed by atoms with Crippen LogP contribution in [0.25, 0.3) is 0 Å². The lowest BCUT2D eigenvalue weighted by atomic mass is 10.1. The number of hydrogen-bond donors (Lipinski definition) is 0. The van der Waals surface area contributed by atoms with Crippen LogP contribution >= 0.6 is 0 Å². The standard InChI is InChI=1S/C59H104O6/c1-4-7-10-13-16-19-22-25-27-29-31-32-34-37-40-43-46-49-52-58(61)64-55-56(54-63-57(60)51-48-45-42-39-36-24-21-18-15-12-9-6-3)65-59(62)53-50-47-44-41-38-35-33-30-28-26-23-20-17-14-11-8-5-2/h18,21,26,28,31-33,35,41,44,56H,4-17,19-20,22-25,27,29-30,34,36-40,42-43,45-55H2,1-3H3/b21-18-,28-26-,32-31-,35-33-,44-41-. The van der Waals surface area contributed by atoms with Gasteiger partial charge in [0.2, 0.25) is 0 Å². The summed E-state index contributed by atoms with van der Waals surface area (Å²) in [4.78, 5) is 38.0. The average Bonchev–Trinajstić information content (AvgIpc) is 3.30. The topological polar surface area (TPSA) is 78.9 Å². The molecule has 6 nitrogen and oxygen atoms in total. The van der Waals surface area contributed by atoms with Crippen molar-refractivity contribution in [1.29, 1.82) is 0 Å². The number of rotatable bonds is 50. The zero-order valence-electron chi connectivity index (χ0n) is 43.0. The Morgan fingerprint density at radius 1 is 0.308 bits per heavy atom. The Hall–Kier alpha value is -2.89. The van der Waals surface area contributed by atoms with Crippen molar-refractivity contribution < 1.29 is 28.6 Å². The fourth-order valence-corrected chi connectivity index (χ4v) is 7.74. The monoisotopic (exact) mass is 909 g/mol. The van der Waals surface area contributed by atoms with Crippen LogP contribution in [0.1, 0.15) is 278 Å². The van der Waals surface area contributed by atoms with E-state index in [0.717, 1.165) is 70.6 Å². The predicted molar refractivity (Wildman–Crippen MR) is 279 cm³/mol. The first-order chi connectivity index (χ1) is 32.0. The summed E-state index contributed by atoms with van der Waals surface area (Å²) in [5.41, 5.74) is 0. The average molecular weight is 909 g/mol. The van der Waals surface area contributed by atoms with Crippen molar-refractivity contribution in [2.45, 2.75) is 284 Å². The number of esters is 3. The van der Waals surface area contributed by atoms with Gasteiger partial charge in [-0.2, -0.15) is 0 Å². The predicted octanol–water partition coefficient (Wildman–Crippen LogP) is 18.4. The molecule has 0 aliphatic rings. The van der Waals surface area contributed by atoms with Gasteiger partial charge >= 0.3 is 17.9 Å². The van der Waals surface area contributed by atoms with Crippen LogP contribution in [0.2, 0.25) is 0 Å². The highest BCUT2D eigenvalue weighted by molar-refractivity contribution is 5.71. The quantitative estimate of drug-likeness (QED) is 0.0262. The van der Waals surface area contributed by atoms with Crippen LogP contribution in [-0.4, -0.2) is 37.2 Å². The van der Waals surface area contributed by atoms with Gasteiger partial charge in [-0.25, -0.2) is 0 Å². The molecule has 1 unspecified atom stereocenters. The highest BCUT2D eigenvalue weighted by Crippen LogP contribution is 2.14. The van der Waals surface area contributed by atoms with Gasteiger partial charge in [-0.3, -0.25) is 14.4 Å². The van der Waals surface area contributed by atoms with Gasteiger partial charge in [0.1, 0.15) is 13.2 Å². The van der Waals surface area contributed by atoms with Gasteiger partial charge in [0.25, 0.3) is 0 Å². The van der Waals surface area contributed by atoms with Gasteiger partial charge in [-0.1, -0.05) is 216 Å². The molecule has 1 atom stereocenters. The van der Waals surface area contributed by atoms with Crippen LogP contribution in [0.4, 0.5) is 0 Å². The normalized spacial score (nSPS) is 12.5. The van der Waals surface area contributed by atoms with Crippen molar-refractivity contribution in [2.75, 3.05) is 13.2 Å². The minimum absolute atomic E-state index is 0.100. The van der Waals surface area contributed by atoms with Crippen molar-refractivity contribution in [3.8, 4) is 0 Å². The second-order valence-electron chi connectivity index (χ2n) is 18.5. The second kappa shape index (κ2) is 53.7. The highest BCUT2D eigenvalue weighted by Gasteiger charge is 2.19. The first-order valence-corrected chi connectivity index (χ1v) is 27.8. The number of carbonyl (C=O) groups excluding carboxylic acids is 3. The van der Waals surface area contributed by atoms with E-state index in [0.29, 0.717) is 19.3 Å². The molecule has 0 fully saturated rings. The molecule has 0 saturated carbocycles. The van der Waals surface area contributed by atoms with Crippen molar-refractivity contribution in [1.82, 2.24) is 0 Å². The summed E-state index contributed by atoms with van der Waals surface area (Å²) >= 11 is 0. The molecule has 0 radical (unpaired) electrons. The zero-order chi connectivity index (χ0) is 47.2. The Kier molecular flexibility index (Phi) is 51.3. The molecule has 0 N–H and O–H groups in total. The van der Waals surface area contributed by atoms with Crippen LogP contribution in [0.15, 0.2) is 60.8 Å². The number of ether oxygens (including phenoxy) is 3. The molecule has 65 heavy (non-hydrogen) atoms. The molecule has 0 saturated heterocycles. The summed E-state index contributed by atoms with van der Waals surface area (Å²) in [6.07, 6.45) is 66.4. The molecule has 376 valence electrons. The Morgan fingerprint density at radius 3 is 0.954 bits per heavy atom. The van der Waals surface area contributed by atoms with Crippen LogP contribution in [0, 0.1) is 0 Å².